The third-order valence-electron chi connectivity index (χ3n) is 2.89. The van der Waals surface area contributed by atoms with Crippen LogP contribution >= 0.6 is 0 Å². The van der Waals surface area contributed by atoms with E-state index in [2.05, 4.69) is 21.3 Å². The lowest BCUT2D eigenvalue weighted by Gasteiger charge is -2.07. The van der Waals surface area contributed by atoms with Crippen LogP contribution in [0.3, 0.4) is 0 Å². The molecule has 2 aromatic rings. The molecule has 7 heteroatoms. The fourth-order valence-corrected chi connectivity index (χ4v) is 1.87. The van der Waals surface area contributed by atoms with Gasteiger partial charge < -0.3 is 9.47 Å². The van der Waals surface area contributed by atoms with E-state index in [0.717, 1.165) is 12.1 Å². The van der Waals surface area contributed by atoms with Crippen molar-refractivity contribution >= 4 is 0 Å². The maximum Gasteiger partial charge on any atom is 0.387 e. The average molecular weight is 342 g/mol. The van der Waals surface area contributed by atoms with E-state index >= 15 is 0 Å². The Kier molecular flexibility index (Phi) is 5.64. The van der Waals surface area contributed by atoms with Crippen LogP contribution < -0.4 is 9.47 Å². The van der Waals surface area contributed by atoms with Crippen LogP contribution in [0, 0.1) is 24.6 Å². The third-order valence-corrected chi connectivity index (χ3v) is 2.89. The highest BCUT2D eigenvalue weighted by Crippen LogP contribution is 2.22. The second-order valence-corrected chi connectivity index (χ2v) is 4.63. The van der Waals surface area contributed by atoms with E-state index < -0.39 is 24.8 Å². The van der Waals surface area contributed by atoms with E-state index in [4.69, 9.17) is 0 Å². The molecule has 0 aliphatic heterocycles. The largest absolute Gasteiger partial charge is 0.435 e. The predicted molar refractivity (Wildman–Crippen MR) is 76.8 cm³/mol. The lowest BCUT2D eigenvalue weighted by molar-refractivity contribution is -0.0523. The fourth-order valence-electron chi connectivity index (χ4n) is 1.87. The quantitative estimate of drug-likeness (QED) is 0.590. The minimum absolute atomic E-state index is 0.0324. The summed E-state index contributed by atoms with van der Waals surface area (Å²) in [5.74, 6) is 3.89. The van der Waals surface area contributed by atoms with Gasteiger partial charge in [0.1, 0.15) is 5.75 Å². The highest BCUT2D eigenvalue weighted by Gasteiger charge is 2.10. The Labute approximate surface area is 134 Å². The van der Waals surface area contributed by atoms with Crippen molar-refractivity contribution in [3.05, 3.63) is 58.9 Å². The first-order valence-corrected chi connectivity index (χ1v) is 6.67. The molecule has 0 spiro atoms. The average Bonchev–Trinajstić information content (AvgIpc) is 2.49. The van der Waals surface area contributed by atoms with Crippen LogP contribution in [0.15, 0.2) is 36.4 Å². The van der Waals surface area contributed by atoms with E-state index in [1.165, 1.54) is 24.3 Å². The van der Waals surface area contributed by atoms with Crippen LogP contribution in [0.2, 0.25) is 0 Å². The monoisotopic (exact) mass is 342 g/mol. The Bertz CT molecular complexity index is 778. The smallest absolute Gasteiger partial charge is 0.387 e. The molecule has 126 valence electrons. The summed E-state index contributed by atoms with van der Waals surface area (Å²) in [6.45, 7) is -4.49. The molecule has 24 heavy (non-hydrogen) atoms. The summed E-state index contributed by atoms with van der Waals surface area (Å²) in [6, 6.07) is 7.67. The molecule has 0 radical (unpaired) electrons. The molecule has 2 nitrogen and oxygen atoms in total. The van der Waals surface area contributed by atoms with Crippen molar-refractivity contribution in [2.45, 2.75) is 20.1 Å². The molecule has 0 amide bonds. The second kappa shape index (κ2) is 7.68. The summed E-state index contributed by atoms with van der Waals surface area (Å²) in [5, 5.41) is 0. The van der Waals surface area contributed by atoms with E-state index in [0.29, 0.717) is 11.1 Å². The first-order valence-electron chi connectivity index (χ1n) is 6.67. The van der Waals surface area contributed by atoms with Gasteiger partial charge in [-0.25, -0.2) is 4.39 Å². The molecule has 0 heterocycles. The molecule has 0 aliphatic rings. The molecule has 0 aromatic heterocycles. The number of ether oxygens (including phenoxy) is 2. The van der Waals surface area contributed by atoms with Crippen molar-refractivity contribution in [1.29, 1.82) is 0 Å². The molecule has 0 N–H and O–H groups in total. The standard InChI is InChI=1S/C17H11F5O2/c1-10-8-11(5-7-14(10)23-16(19)20)2-3-12-4-6-13(18)15(9-12)24-17(21)22/h4-9,16-17H,1H3. The molecule has 0 aliphatic carbocycles. The van der Waals surface area contributed by atoms with Gasteiger partial charge in [0.2, 0.25) is 0 Å². The van der Waals surface area contributed by atoms with Gasteiger partial charge in [-0.05, 0) is 48.9 Å². The Morgan fingerprint density at radius 2 is 1.33 bits per heavy atom. The number of hydrogen-bond acceptors (Lipinski definition) is 2. The Hall–Kier alpha value is -2.75. The molecule has 0 bridgehead atoms. The van der Waals surface area contributed by atoms with Crippen molar-refractivity contribution in [3.63, 3.8) is 0 Å². The topological polar surface area (TPSA) is 18.5 Å². The van der Waals surface area contributed by atoms with E-state index in [1.54, 1.807) is 6.92 Å². The number of halogens is 5. The summed E-state index contributed by atoms with van der Waals surface area (Å²) < 4.78 is 70.4. The molecule has 2 aromatic carbocycles. The van der Waals surface area contributed by atoms with Gasteiger partial charge in [-0.2, -0.15) is 17.6 Å². The number of hydrogen-bond donors (Lipinski definition) is 0. The summed E-state index contributed by atoms with van der Waals surface area (Å²) in [7, 11) is 0. The zero-order chi connectivity index (χ0) is 17.7. The van der Waals surface area contributed by atoms with Crippen molar-refractivity contribution < 1.29 is 31.4 Å². The third kappa shape index (κ3) is 4.88. The summed E-state index contributed by atoms with van der Waals surface area (Å²) in [6.07, 6.45) is 0. The molecule has 2 rings (SSSR count). The molecular formula is C17H11F5O2. The molecule has 0 unspecified atom stereocenters. The Morgan fingerprint density at radius 3 is 1.92 bits per heavy atom. The van der Waals surface area contributed by atoms with Crippen LogP contribution in [-0.2, 0) is 0 Å². The van der Waals surface area contributed by atoms with Gasteiger partial charge >= 0.3 is 13.2 Å². The van der Waals surface area contributed by atoms with Gasteiger partial charge in [0.15, 0.2) is 11.6 Å². The molecule has 0 saturated carbocycles. The van der Waals surface area contributed by atoms with Crippen LogP contribution in [0.5, 0.6) is 11.5 Å². The normalized spacial score (nSPS) is 10.5. The van der Waals surface area contributed by atoms with Gasteiger partial charge in [-0.15, -0.1) is 0 Å². The van der Waals surface area contributed by atoms with E-state index in [1.807, 2.05) is 0 Å². The molecule has 0 atom stereocenters. The van der Waals surface area contributed by atoms with Crippen molar-refractivity contribution in [1.82, 2.24) is 0 Å². The van der Waals surface area contributed by atoms with Crippen LogP contribution in [0.4, 0.5) is 22.0 Å². The Morgan fingerprint density at radius 1 is 0.792 bits per heavy atom. The van der Waals surface area contributed by atoms with Gasteiger partial charge in [-0.3, -0.25) is 0 Å². The summed E-state index contributed by atoms with van der Waals surface area (Å²) in [4.78, 5) is 0. The van der Waals surface area contributed by atoms with Gasteiger partial charge in [-0.1, -0.05) is 11.8 Å². The van der Waals surface area contributed by atoms with Crippen molar-refractivity contribution in [2.24, 2.45) is 0 Å². The zero-order valence-corrected chi connectivity index (χ0v) is 12.3. The maximum atomic E-state index is 13.3. The number of rotatable bonds is 4. The van der Waals surface area contributed by atoms with Gasteiger partial charge in [0.25, 0.3) is 0 Å². The highest BCUT2D eigenvalue weighted by molar-refractivity contribution is 5.48. The lowest BCUT2D eigenvalue weighted by Crippen LogP contribution is -2.03. The Balaban J connectivity index is 2.22. The number of benzene rings is 2. The first kappa shape index (κ1) is 17.6. The fraction of sp³-hybridized carbons (Fsp3) is 0.176. The first-order chi connectivity index (χ1) is 11.3. The van der Waals surface area contributed by atoms with E-state index in [9.17, 15) is 22.0 Å². The minimum Gasteiger partial charge on any atom is -0.435 e. The van der Waals surface area contributed by atoms with Crippen LogP contribution in [-0.4, -0.2) is 13.2 Å². The van der Waals surface area contributed by atoms with Crippen molar-refractivity contribution in [2.75, 3.05) is 0 Å². The second-order valence-electron chi connectivity index (χ2n) is 4.63. The number of aryl methyl sites for hydroxylation is 1. The maximum absolute atomic E-state index is 13.3. The van der Waals surface area contributed by atoms with Crippen LogP contribution in [0.1, 0.15) is 16.7 Å². The van der Waals surface area contributed by atoms with Gasteiger partial charge in [0, 0.05) is 11.1 Å². The van der Waals surface area contributed by atoms with Gasteiger partial charge in [0.05, 0.1) is 0 Å². The summed E-state index contributed by atoms with van der Waals surface area (Å²) in [5.41, 5.74) is 1.22. The zero-order valence-electron chi connectivity index (χ0n) is 12.3. The number of alkyl halides is 4. The SMILES string of the molecule is Cc1cc(C#Cc2ccc(F)c(OC(F)F)c2)ccc1OC(F)F. The molecule has 0 saturated heterocycles. The summed E-state index contributed by atoms with van der Waals surface area (Å²) >= 11 is 0. The minimum atomic E-state index is -3.15. The molecule has 0 fully saturated rings. The van der Waals surface area contributed by atoms with E-state index in [-0.39, 0.29) is 11.3 Å². The highest BCUT2D eigenvalue weighted by atomic mass is 19.3. The molecular weight excluding hydrogens is 331 g/mol. The van der Waals surface area contributed by atoms with Crippen molar-refractivity contribution in [3.8, 4) is 23.3 Å². The van der Waals surface area contributed by atoms with Crippen LogP contribution in [0.25, 0.3) is 0 Å². The lowest BCUT2D eigenvalue weighted by atomic mass is 10.1. The predicted octanol–water partition coefficient (Wildman–Crippen LogP) is 4.74.